The van der Waals surface area contributed by atoms with Crippen LogP contribution in [0.2, 0.25) is 0 Å². The molecule has 1 aliphatic rings. The topological polar surface area (TPSA) is 52.7 Å². The van der Waals surface area contributed by atoms with Gasteiger partial charge in [-0.05, 0) is 13.8 Å². The highest BCUT2D eigenvalue weighted by molar-refractivity contribution is 5.85. The molecule has 3 unspecified atom stereocenters. The number of hydrogen-bond acceptors (Lipinski definition) is 3. The Kier molecular flexibility index (Phi) is 6.20. The average Bonchev–Trinajstić information content (AvgIpc) is 2.61. The molecule has 1 aromatic heterocycles. The first-order valence-corrected chi connectivity index (χ1v) is 4.75. The van der Waals surface area contributed by atoms with Crippen LogP contribution in [-0.2, 0) is 0 Å². The molecule has 2 heterocycles. The molecule has 0 bridgehead atoms. The van der Waals surface area contributed by atoms with Crippen molar-refractivity contribution in [3.63, 3.8) is 0 Å². The van der Waals surface area contributed by atoms with Crippen molar-refractivity contribution in [2.75, 3.05) is 6.54 Å². The van der Waals surface area contributed by atoms with E-state index in [1.54, 1.807) is 0 Å². The molecule has 88 valence electrons. The van der Waals surface area contributed by atoms with Gasteiger partial charge in [-0.1, -0.05) is 0 Å². The Labute approximate surface area is 102 Å². The zero-order chi connectivity index (χ0) is 9.26. The minimum Gasteiger partial charge on any atom is -0.311 e. The molecule has 3 N–H and O–H groups in total. The standard InChI is InChI=1S/C9H16N4.2ClH/c1-6-3-10-7(2)9(13-6)8-4-11-12-5-8;;/h4-7,9-10,13H,3H2,1-2H3,(H,11,12);2*1H. The van der Waals surface area contributed by atoms with E-state index in [1.807, 2.05) is 12.4 Å². The lowest BCUT2D eigenvalue weighted by Gasteiger charge is -2.34. The third-order valence-electron chi connectivity index (χ3n) is 2.59. The van der Waals surface area contributed by atoms with Gasteiger partial charge in [0.05, 0.1) is 12.2 Å². The molecular formula is C9H18Cl2N4. The third-order valence-corrected chi connectivity index (χ3v) is 2.59. The van der Waals surface area contributed by atoms with Crippen molar-refractivity contribution < 1.29 is 0 Å². The van der Waals surface area contributed by atoms with Crippen molar-refractivity contribution in [2.24, 2.45) is 0 Å². The fourth-order valence-electron chi connectivity index (χ4n) is 1.81. The lowest BCUT2D eigenvalue weighted by molar-refractivity contribution is 0.294. The van der Waals surface area contributed by atoms with Crippen LogP contribution < -0.4 is 10.6 Å². The number of aromatic nitrogens is 2. The molecule has 0 radical (unpaired) electrons. The summed E-state index contributed by atoms with van der Waals surface area (Å²) in [5.41, 5.74) is 1.23. The Morgan fingerprint density at radius 3 is 2.67 bits per heavy atom. The van der Waals surface area contributed by atoms with Crippen molar-refractivity contribution in [1.82, 2.24) is 20.8 Å². The van der Waals surface area contributed by atoms with E-state index in [0.717, 1.165) is 6.54 Å². The van der Waals surface area contributed by atoms with Gasteiger partial charge in [0.15, 0.2) is 0 Å². The van der Waals surface area contributed by atoms with E-state index in [2.05, 4.69) is 34.7 Å². The van der Waals surface area contributed by atoms with Crippen molar-refractivity contribution >= 4 is 24.8 Å². The Bertz CT molecular complexity index is 265. The van der Waals surface area contributed by atoms with Crippen LogP contribution in [0.25, 0.3) is 0 Å². The number of H-pyrrole nitrogens is 1. The fourth-order valence-corrected chi connectivity index (χ4v) is 1.81. The largest absolute Gasteiger partial charge is 0.311 e. The fraction of sp³-hybridized carbons (Fsp3) is 0.667. The van der Waals surface area contributed by atoms with E-state index < -0.39 is 0 Å². The van der Waals surface area contributed by atoms with Gasteiger partial charge in [-0.2, -0.15) is 5.10 Å². The normalized spacial score (nSPS) is 30.1. The highest BCUT2D eigenvalue weighted by Gasteiger charge is 2.25. The summed E-state index contributed by atoms with van der Waals surface area (Å²) in [6, 6.07) is 1.37. The molecule has 6 heteroatoms. The first kappa shape index (κ1) is 14.7. The SMILES string of the molecule is CC1CNC(C)C(c2cn[nH]c2)N1.Cl.Cl. The molecule has 0 aliphatic carbocycles. The van der Waals surface area contributed by atoms with E-state index in [1.165, 1.54) is 5.56 Å². The van der Waals surface area contributed by atoms with E-state index in [0.29, 0.717) is 18.1 Å². The maximum absolute atomic E-state index is 3.96. The smallest absolute Gasteiger partial charge is 0.0535 e. The molecule has 0 amide bonds. The van der Waals surface area contributed by atoms with Crippen molar-refractivity contribution in [1.29, 1.82) is 0 Å². The van der Waals surface area contributed by atoms with Crippen LogP contribution in [0.5, 0.6) is 0 Å². The van der Waals surface area contributed by atoms with Gasteiger partial charge in [-0.3, -0.25) is 5.10 Å². The van der Waals surface area contributed by atoms with Gasteiger partial charge in [-0.25, -0.2) is 0 Å². The van der Waals surface area contributed by atoms with Gasteiger partial charge in [0.25, 0.3) is 0 Å². The molecule has 3 atom stereocenters. The number of nitrogens with one attached hydrogen (secondary N) is 3. The summed E-state index contributed by atoms with van der Waals surface area (Å²) in [5.74, 6) is 0. The van der Waals surface area contributed by atoms with Crippen LogP contribution in [0.15, 0.2) is 12.4 Å². The highest BCUT2D eigenvalue weighted by Crippen LogP contribution is 2.18. The minimum absolute atomic E-state index is 0. The second-order valence-electron chi connectivity index (χ2n) is 3.77. The zero-order valence-corrected chi connectivity index (χ0v) is 10.5. The van der Waals surface area contributed by atoms with Gasteiger partial charge >= 0.3 is 0 Å². The molecule has 1 aromatic rings. The summed E-state index contributed by atoms with van der Waals surface area (Å²) in [6.45, 7) is 5.41. The third kappa shape index (κ3) is 3.34. The predicted molar refractivity (Wildman–Crippen MR) is 65.9 cm³/mol. The molecule has 15 heavy (non-hydrogen) atoms. The zero-order valence-electron chi connectivity index (χ0n) is 8.86. The molecule has 0 saturated carbocycles. The van der Waals surface area contributed by atoms with Crippen LogP contribution in [0, 0.1) is 0 Å². The van der Waals surface area contributed by atoms with E-state index >= 15 is 0 Å². The Balaban J connectivity index is 0.000000980. The molecule has 2 rings (SSSR count). The molecule has 4 nitrogen and oxygen atoms in total. The number of aromatic amines is 1. The lowest BCUT2D eigenvalue weighted by atomic mass is 10.00. The summed E-state index contributed by atoms with van der Waals surface area (Å²) in [5, 5.41) is 13.8. The molecular weight excluding hydrogens is 235 g/mol. The van der Waals surface area contributed by atoms with Gasteiger partial charge in [0.1, 0.15) is 0 Å². The van der Waals surface area contributed by atoms with E-state index in [4.69, 9.17) is 0 Å². The highest BCUT2D eigenvalue weighted by atomic mass is 35.5. The molecule has 1 saturated heterocycles. The summed E-state index contributed by atoms with van der Waals surface area (Å²) >= 11 is 0. The van der Waals surface area contributed by atoms with E-state index in [9.17, 15) is 0 Å². The van der Waals surface area contributed by atoms with E-state index in [-0.39, 0.29) is 24.8 Å². The van der Waals surface area contributed by atoms with Gasteiger partial charge < -0.3 is 10.6 Å². The molecule has 0 aromatic carbocycles. The summed E-state index contributed by atoms with van der Waals surface area (Å²) in [4.78, 5) is 0. The number of halogens is 2. The number of hydrogen-bond donors (Lipinski definition) is 3. The van der Waals surface area contributed by atoms with Gasteiger partial charge in [0.2, 0.25) is 0 Å². The number of nitrogens with zero attached hydrogens (tertiary/aromatic N) is 1. The first-order chi connectivity index (χ1) is 6.27. The monoisotopic (exact) mass is 252 g/mol. The maximum Gasteiger partial charge on any atom is 0.0535 e. The summed E-state index contributed by atoms with van der Waals surface area (Å²) in [7, 11) is 0. The first-order valence-electron chi connectivity index (χ1n) is 4.75. The van der Waals surface area contributed by atoms with Gasteiger partial charge in [-0.15, -0.1) is 24.8 Å². The quantitative estimate of drug-likeness (QED) is 0.706. The van der Waals surface area contributed by atoms with Crippen molar-refractivity contribution in [3.8, 4) is 0 Å². The number of piperazine rings is 1. The summed E-state index contributed by atoms with van der Waals surface area (Å²) in [6.07, 6.45) is 3.84. The summed E-state index contributed by atoms with van der Waals surface area (Å²) < 4.78 is 0. The Morgan fingerprint density at radius 1 is 1.33 bits per heavy atom. The van der Waals surface area contributed by atoms with Crippen LogP contribution in [0.4, 0.5) is 0 Å². The van der Waals surface area contributed by atoms with Crippen molar-refractivity contribution in [3.05, 3.63) is 18.0 Å². The van der Waals surface area contributed by atoms with Crippen molar-refractivity contribution in [2.45, 2.75) is 32.0 Å². The second kappa shape index (κ2) is 6.33. The number of rotatable bonds is 1. The molecule has 0 spiro atoms. The van der Waals surface area contributed by atoms with Crippen LogP contribution in [0.1, 0.15) is 25.5 Å². The van der Waals surface area contributed by atoms with Gasteiger partial charge in [0, 0.05) is 30.4 Å². The minimum atomic E-state index is 0. The predicted octanol–water partition coefficient (Wildman–Crippen LogP) is 1.26. The van der Waals surface area contributed by atoms with Crippen LogP contribution in [0.3, 0.4) is 0 Å². The molecule has 1 aliphatic heterocycles. The Morgan fingerprint density at radius 2 is 2.07 bits per heavy atom. The average molecular weight is 253 g/mol. The maximum atomic E-state index is 3.96. The Hall–Kier alpha value is -0.290. The van der Waals surface area contributed by atoms with Crippen LogP contribution in [-0.4, -0.2) is 28.8 Å². The van der Waals surface area contributed by atoms with Crippen LogP contribution >= 0.6 is 24.8 Å². The lowest BCUT2D eigenvalue weighted by Crippen LogP contribution is -2.53. The second-order valence-corrected chi connectivity index (χ2v) is 3.77. The molecule has 1 fully saturated rings.